The van der Waals surface area contributed by atoms with Crippen molar-refractivity contribution in [2.24, 2.45) is 17.6 Å². The van der Waals surface area contributed by atoms with E-state index >= 15 is 0 Å². The van der Waals surface area contributed by atoms with Crippen molar-refractivity contribution in [3.63, 3.8) is 0 Å². The molecular weight excluding hydrogens is 322 g/mol. The molecule has 134 valence electrons. The summed E-state index contributed by atoms with van der Waals surface area (Å²) in [7, 11) is 0. The SMILES string of the molecule is CCC(C)C1=C(C)C(=O)C2=C(C1=O)C(COC(N)=O)C1C3NC3CN21. The predicted octanol–water partition coefficient (Wildman–Crippen LogP) is 0.505. The van der Waals surface area contributed by atoms with Crippen LogP contribution in [0.25, 0.3) is 0 Å². The zero-order valence-corrected chi connectivity index (χ0v) is 14.7. The number of carbonyl (C=O) groups is 3. The molecule has 5 atom stereocenters. The number of hydrogen-bond donors (Lipinski definition) is 2. The lowest BCUT2D eigenvalue weighted by Crippen LogP contribution is -2.40. The summed E-state index contributed by atoms with van der Waals surface area (Å²) in [5.74, 6) is -0.412. The normalized spacial score (nSPS) is 34.1. The predicted molar refractivity (Wildman–Crippen MR) is 89.4 cm³/mol. The summed E-state index contributed by atoms with van der Waals surface area (Å²) in [4.78, 5) is 39.5. The largest absolute Gasteiger partial charge is 0.449 e. The number of fused-ring (bicyclic) bond motifs is 4. The van der Waals surface area contributed by atoms with E-state index in [1.165, 1.54) is 0 Å². The maximum absolute atomic E-state index is 13.3. The van der Waals surface area contributed by atoms with Gasteiger partial charge in [-0.1, -0.05) is 13.8 Å². The van der Waals surface area contributed by atoms with Gasteiger partial charge in [0.15, 0.2) is 5.78 Å². The zero-order valence-electron chi connectivity index (χ0n) is 14.7. The highest BCUT2D eigenvalue weighted by Gasteiger charge is 2.62. The van der Waals surface area contributed by atoms with Gasteiger partial charge < -0.3 is 20.7 Å². The molecule has 0 spiro atoms. The van der Waals surface area contributed by atoms with Gasteiger partial charge in [-0.05, 0) is 19.3 Å². The third-order valence-corrected chi connectivity index (χ3v) is 6.14. The molecule has 1 aliphatic carbocycles. The summed E-state index contributed by atoms with van der Waals surface area (Å²) in [5, 5.41) is 3.38. The van der Waals surface area contributed by atoms with Crippen molar-refractivity contribution in [2.45, 2.75) is 45.3 Å². The second-order valence-corrected chi connectivity index (χ2v) is 7.45. The van der Waals surface area contributed by atoms with Crippen LogP contribution in [0, 0.1) is 11.8 Å². The van der Waals surface area contributed by atoms with Gasteiger partial charge in [-0.15, -0.1) is 0 Å². The summed E-state index contributed by atoms with van der Waals surface area (Å²) in [5.41, 5.74) is 7.34. The van der Waals surface area contributed by atoms with Crippen LogP contribution in [0.1, 0.15) is 27.2 Å². The molecule has 2 saturated heterocycles. The van der Waals surface area contributed by atoms with Crippen LogP contribution in [0.5, 0.6) is 0 Å². The van der Waals surface area contributed by atoms with Crippen molar-refractivity contribution in [1.82, 2.24) is 10.2 Å². The number of allylic oxidation sites excluding steroid dienone is 2. The van der Waals surface area contributed by atoms with Crippen molar-refractivity contribution in [3.8, 4) is 0 Å². The molecule has 7 heteroatoms. The quantitative estimate of drug-likeness (QED) is 0.567. The van der Waals surface area contributed by atoms with Gasteiger partial charge in [-0.25, -0.2) is 4.79 Å². The Morgan fingerprint density at radius 2 is 2.12 bits per heavy atom. The minimum absolute atomic E-state index is 0.0189. The molecule has 2 fully saturated rings. The van der Waals surface area contributed by atoms with E-state index in [2.05, 4.69) is 5.32 Å². The number of nitrogens with zero attached hydrogens (tertiary/aromatic N) is 1. The van der Waals surface area contributed by atoms with Gasteiger partial charge in [0.1, 0.15) is 6.61 Å². The Morgan fingerprint density at radius 3 is 2.76 bits per heavy atom. The fourth-order valence-electron chi connectivity index (χ4n) is 4.73. The van der Waals surface area contributed by atoms with Crippen LogP contribution in [0.4, 0.5) is 4.79 Å². The van der Waals surface area contributed by atoms with Gasteiger partial charge in [-0.3, -0.25) is 9.59 Å². The van der Waals surface area contributed by atoms with Crippen molar-refractivity contribution in [2.75, 3.05) is 13.2 Å². The van der Waals surface area contributed by atoms with Gasteiger partial charge in [0.25, 0.3) is 0 Å². The lowest BCUT2D eigenvalue weighted by molar-refractivity contribution is -0.117. The van der Waals surface area contributed by atoms with E-state index in [1.807, 2.05) is 18.7 Å². The van der Waals surface area contributed by atoms with E-state index < -0.39 is 6.09 Å². The molecule has 4 rings (SSSR count). The van der Waals surface area contributed by atoms with Crippen LogP contribution in [0.3, 0.4) is 0 Å². The minimum Gasteiger partial charge on any atom is -0.449 e. The number of carbonyl (C=O) groups excluding carboxylic acids is 3. The molecule has 0 saturated carbocycles. The number of nitrogens with one attached hydrogen (secondary N) is 1. The van der Waals surface area contributed by atoms with Crippen LogP contribution >= 0.6 is 0 Å². The molecule has 25 heavy (non-hydrogen) atoms. The third-order valence-electron chi connectivity index (χ3n) is 6.14. The van der Waals surface area contributed by atoms with E-state index in [0.29, 0.717) is 35.0 Å². The fourth-order valence-corrected chi connectivity index (χ4v) is 4.73. The highest BCUT2D eigenvalue weighted by atomic mass is 16.5. The maximum Gasteiger partial charge on any atom is 0.404 e. The number of rotatable bonds is 4. The molecule has 3 heterocycles. The van der Waals surface area contributed by atoms with E-state index in [1.54, 1.807) is 6.92 Å². The fraction of sp³-hybridized carbons (Fsp3) is 0.611. The molecule has 0 aromatic heterocycles. The summed E-state index contributed by atoms with van der Waals surface area (Å²) in [6, 6.07) is 0.560. The number of ether oxygens (including phenoxy) is 1. The Hall–Kier alpha value is -2.15. The maximum atomic E-state index is 13.3. The van der Waals surface area contributed by atoms with Crippen LogP contribution in [-0.2, 0) is 14.3 Å². The molecule has 3 aliphatic heterocycles. The average Bonchev–Trinajstić information content (AvgIpc) is 3.10. The first-order chi connectivity index (χ1) is 11.9. The highest BCUT2D eigenvalue weighted by molar-refractivity contribution is 6.25. The van der Waals surface area contributed by atoms with E-state index in [9.17, 15) is 14.4 Å². The van der Waals surface area contributed by atoms with E-state index in [4.69, 9.17) is 10.5 Å². The number of hydrogen-bond acceptors (Lipinski definition) is 6. The summed E-state index contributed by atoms with van der Waals surface area (Å²) < 4.78 is 5.05. The highest BCUT2D eigenvalue weighted by Crippen LogP contribution is 2.49. The van der Waals surface area contributed by atoms with Gasteiger partial charge in [0.05, 0.1) is 11.7 Å². The molecule has 0 radical (unpaired) electrons. The van der Waals surface area contributed by atoms with Crippen LogP contribution in [0.2, 0.25) is 0 Å². The van der Waals surface area contributed by atoms with E-state index in [0.717, 1.165) is 6.42 Å². The minimum atomic E-state index is -0.859. The third kappa shape index (κ3) is 2.18. The molecule has 0 aromatic rings. The lowest BCUT2D eigenvalue weighted by atomic mass is 9.77. The number of piperazine rings is 1. The monoisotopic (exact) mass is 345 g/mol. The number of Topliss-reactive ketones (excluding diaryl/α,β-unsaturated/α-hetero) is 2. The Kier molecular flexibility index (Phi) is 3.54. The number of amides is 1. The first-order valence-electron chi connectivity index (χ1n) is 8.86. The van der Waals surface area contributed by atoms with Gasteiger partial charge in [0, 0.05) is 41.3 Å². The van der Waals surface area contributed by atoms with Crippen molar-refractivity contribution >= 4 is 17.7 Å². The summed E-state index contributed by atoms with van der Waals surface area (Å²) in [6.07, 6.45) is -0.0711. The molecule has 7 nitrogen and oxygen atoms in total. The Morgan fingerprint density at radius 1 is 1.40 bits per heavy atom. The average molecular weight is 345 g/mol. The smallest absolute Gasteiger partial charge is 0.404 e. The van der Waals surface area contributed by atoms with Crippen molar-refractivity contribution < 1.29 is 19.1 Å². The van der Waals surface area contributed by atoms with Crippen LogP contribution < -0.4 is 11.1 Å². The number of primary amides is 1. The van der Waals surface area contributed by atoms with Crippen LogP contribution in [-0.4, -0.2) is 53.8 Å². The zero-order chi connectivity index (χ0) is 18.0. The van der Waals surface area contributed by atoms with Crippen molar-refractivity contribution in [3.05, 3.63) is 22.4 Å². The molecule has 3 N–H and O–H groups in total. The van der Waals surface area contributed by atoms with Gasteiger partial charge in [-0.2, -0.15) is 0 Å². The number of ketones is 2. The van der Waals surface area contributed by atoms with Gasteiger partial charge >= 0.3 is 6.09 Å². The summed E-state index contributed by atoms with van der Waals surface area (Å²) in [6.45, 7) is 6.48. The first kappa shape index (κ1) is 16.3. The molecule has 1 amide bonds. The van der Waals surface area contributed by atoms with Crippen LogP contribution in [0.15, 0.2) is 22.4 Å². The Bertz CT molecular complexity index is 753. The molecule has 4 aliphatic rings. The molecular formula is C18H23N3O4. The van der Waals surface area contributed by atoms with E-state index in [-0.39, 0.29) is 42.1 Å². The second kappa shape index (κ2) is 5.42. The molecule has 0 aromatic carbocycles. The van der Waals surface area contributed by atoms with Crippen molar-refractivity contribution in [1.29, 1.82) is 0 Å². The topological polar surface area (TPSA) is 112 Å². The summed E-state index contributed by atoms with van der Waals surface area (Å²) >= 11 is 0. The van der Waals surface area contributed by atoms with Gasteiger partial charge in [0.2, 0.25) is 5.78 Å². The second-order valence-electron chi connectivity index (χ2n) is 7.45. The Labute approximate surface area is 146 Å². The Balaban J connectivity index is 1.76. The molecule has 5 unspecified atom stereocenters. The number of nitrogens with two attached hydrogens (primary N) is 1. The first-order valence-corrected chi connectivity index (χ1v) is 8.86. The lowest BCUT2D eigenvalue weighted by Gasteiger charge is -2.27. The standard InChI is InChI=1S/C18H23N3O4/c1-4-7(2)11-8(3)16(22)15-12(17(11)23)9(6-25-18(19)24)14-13-10(20-13)5-21(14)15/h7,9-10,13-14,20H,4-6H2,1-3H3,(H2,19,24). The molecule has 0 bridgehead atoms.